The second-order valence-corrected chi connectivity index (χ2v) is 4.90. The highest BCUT2D eigenvalue weighted by Gasteiger charge is 2.13. The van der Waals surface area contributed by atoms with E-state index >= 15 is 0 Å². The van der Waals surface area contributed by atoms with Crippen molar-refractivity contribution < 1.29 is 0 Å². The van der Waals surface area contributed by atoms with E-state index in [1.165, 1.54) is 25.0 Å². The van der Waals surface area contributed by atoms with Crippen molar-refractivity contribution in [3.63, 3.8) is 0 Å². The van der Waals surface area contributed by atoms with Crippen molar-refractivity contribution in [3.8, 4) is 0 Å². The molecule has 0 radical (unpaired) electrons. The van der Waals surface area contributed by atoms with E-state index in [-0.39, 0.29) is 0 Å². The number of halogens is 1. The first-order chi connectivity index (χ1) is 8.13. The fourth-order valence-corrected chi connectivity index (χ4v) is 2.43. The molecule has 3 nitrogen and oxygen atoms in total. The van der Waals surface area contributed by atoms with Crippen LogP contribution < -0.4 is 0 Å². The van der Waals surface area contributed by atoms with Crippen molar-refractivity contribution in [1.82, 2.24) is 14.5 Å². The zero-order chi connectivity index (χ0) is 12.4. The Balaban J connectivity index is 2.44. The molecule has 0 amide bonds. The summed E-state index contributed by atoms with van der Waals surface area (Å²) >= 11 is 5.87. The molecule has 1 unspecified atom stereocenters. The molecule has 0 fully saturated rings. The van der Waals surface area contributed by atoms with Gasteiger partial charge in [-0.3, -0.25) is 0 Å². The number of fused-ring (bicyclic) bond motifs is 1. The van der Waals surface area contributed by atoms with Gasteiger partial charge in [-0.15, -0.1) is 0 Å². The van der Waals surface area contributed by atoms with E-state index < -0.39 is 0 Å². The molecule has 2 aromatic heterocycles. The summed E-state index contributed by atoms with van der Waals surface area (Å²) in [4.78, 5) is 8.37. The second-order valence-electron chi connectivity index (χ2n) is 4.56. The van der Waals surface area contributed by atoms with Crippen LogP contribution in [-0.2, 0) is 0 Å². The normalized spacial score (nSPS) is 13.2. The largest absolute Gasteiger partial charge is 0.327 e. The van der Waals surface area contributed by atoms with Crippen LogP contribution in [0.25, 0.3) is 11.0 Å². The minimum absolute atomic E-state index is 0.319. The predicted molar refractivity (Wildman–Crippen MR) is 71.5 cm³/mol. The maximum atomic E-state index is 5.87. The monoisotopic (exact) mass is 251 g/mol. The molecule has 0 saturated carbocycles. The lowest BCUT2D eigenvalue weighted by molar-refractivity contribution is 0.488. The second kappa shape index (κ2) is 5.05. The maximum Gasteiger partial charge on any atom is 0.224 e. The zero-order valence-electron chi connectivity index (χ0n) is 10.6. The van der Waals surface area contributed by atoms with E-state index in [1.54, 1.807) is 6.20 Å². The Kier molecular flexibility index (Phi) is 3.67. The van der Waals surface area contributed by atoms with E-state index in [4.69, 9.17) is 11.6 Å². The lowest BCUT2D eigenvalue weighted by atomic mass is 10.1. The molecule has 1 atom stereocenters. The Morgan fingerprint density at radius 1 is 1.47 bits per heavy atom. The Morgan fingerprint density at radius 3 is 2.94 bits per heavy atom. The summed E-state index contributed by atoms with van der Waals surface area (Å²) in [5, 5.41) is 1.38. The number of aromatic nitrogens is 3. The first kappa shape index (κ1) is 12.4. The molecule has 0 aromatic carbocycles. The fourth-order valence-electron chi connectivity index (χ4n) is 2.30. The summed E-state index contributed by atoms with van der Waals surface area (Å²) in [5.41, 5.74) is 2.17. The van der Waals surface area contributed by atoms with Crippen LogP contribution in [0.2, 0.25) is 5.28 Å². The fraction of sp³-hybridized carbons (Fsp3) is 0.538. The first-order valence-electron chi connectivity index (χ1n) is 6.13. The molecule has 17 heavy (non-hydrogen) atoms. The molecule has 2 heterocycles. The lowest BCUT2D eigenvalue weighted by Crippen LogP contribution is -2.07. The third-order valence-corrected chi connectivity index (χ3v) is 3.34. The molecule has 0 aliphatic rings. The van der Waals surface area contributed by atoms with E-state index in [1.807, 2.05) is 0 Å². The van der Waals surface area contributed by atoms with Crippen LogP contribution in [0.15, 0.2) is 12.3 Å². The Hall–Kier alpha value is -1.09. The molecule has 2 aromatic rings. The average molecular weight is 252 g/mol. The topological polar surface area (TPSA) is 30.7 Å². The van der Waals surface area contributed by atoms with Gasteiger partial charge in [0.1, 0.15) is 5.65 Å². The van der Waals surface area contributed by atoms with Crippen molar-refractivity contribution in [1.29, 1.82) is 0 Å². The first-order valence-corrected chi connectivity index (χ1v) is 6.51. The summed E-state index contributed by atoms with van der Waals surface area (Å²) < 4.78 is 2.26. The summed E-state index contributed by atoms with van der Waals surface area (Å²) in [6.07, 6.45) is 5.42. The third kappa shape index (κ3) is 2.44. The highest BCUT2D eigenvalue weighted by atomic mass is 35.5. The van der Waals surface area contributed by atoms with Crippen molar-refractivity contribution in [2.45, 2.75) is 46.1 Å². The molecule has 0 aliphatic heterocycles. The molecule has 2 rings (SSSR count). The van der Waals surface area contributed by atoms with Crippen molar-refractivity contribution in [3.05, 3.63) is 23.2 Å². The highest BCUT2D eigenvalue weighted by Crippen LogP contribution is 2.25. The zero-order valence-corrected chi connectivity index (χ0v) is 11.3. The quantitative estimate of drug-likeness (QED) is 0.765. The van der Waals surface area contributed by atoms with Crippen molar-refractivity contribution in [2.24, 2.45) is 0 Å². The van der Waals surface area contributed by atoms with E-state index in [0.29, 0.717) is 11.3 Å². The number of nitrogens with zero attached hydrogens (tertiary/aromatic N) is 3. The van der Waals surface area contributed by atoms with Crippen molar-refractivity contribution in [2.75, 3.05) is 0 Å². The van der Waals surface area contributed by atoms with Gasteiger partial charge in [0, 0.05) is 23.3 Å². The smallest absolute Gasteiger partial charge is 0.224 e. The van der Waals surface area contributed by atoms with Crippen LogP contribution in [0, 0.1) is 6.92 Å². The van der Waals surface area contributed by atoms with Crippen molar-refractivity contribution >= 4 is 22.6 Å². The summed E-state index contributed by atoms with van der Waals surface area (Å²) in [7, 11) is 0. The van der Waals surface area contributed by atoms with Gasteiger partial charge >= 0.3 is 0 Å². The lowest BCUT2D eigenvalue weighted by Gasteiger charge is -2.16. The SMILES string of the molecule is CCCCC(C)n1c(C)cc2cnc(Cl)nc21. The Labute approximate surface area is 107 Å². The molecule has 4 heteroatoms. The van der Waals surface area contributed by atoms with E-state index in [9.17, 15) is 0 Å². The molecule has 0 saturated heterocycles. The van der Waals surface area contributed by atoms with Gasteiger partial charge < -0.3 is 4.57 Å². The van der Waals surface area contributed by atoms with E-state index in [2.05, 4.69) is 41.4 Å². The summed E-state index contributed by atoms with van der Waals surface area (Å²) in [5.74, 6) is 0. The number of unbranched alkanes of at least 4 members (excludes halogenated alkanes) is 1. The van der Waals surface area contributed by atoms with Gasteiger partial charge in [0.05, 0.1) is 0 Å². The molecular weight excluding hydrogens is 234 g/mol. The molecule has 92 valence electrons. The molecular formula is C13H18ClN3. The van der Waals surface area contributed by atoms with Crippen LogP contribution >= 0.6 is 11.6 Å². The van der Waals surface area contributed by atoms with Gasteiger partial charge in [-0.1, -0.05) is 19.8 Å². The van der Waals surface area contributed by atoms with Crippen LogP contribution in [0.1, 0.15) is 44.8 Å². The van der Waals surface area contributed by atoms with Gasteiger partial charge in [0.15, 0.2) is 0 Å². The maximum absolute atomic E-state index is 5.87. The highest BCUT2D eigenvalue weighted by molar-refractivity contribution is 6.28. The van der Waals surface area contributed by atoms with Crippen LogP contribution in [0.3, 0.4) is 0 Å². The summed E-state index contributed by atoms with van der Waals surface area (Å²) in [6, 6.07) is 2.58. The van der Waals surface area contributed by atoms with Crippen LogP contribution in [-0.4, -0.2) is 14.5 Å². The van der Waals surface area contributed by atoms with Gasteiger partial charge in [0.25, 0.3) is 0 Å². The third-order valence-electron chi connectivity index (χ3n) is 3.16. The predicted octanol–water partition coefficient (Wildman–Crippen LogP) is 4.14. The Morgan fingerprint density at radius 2 is 2.24 bits per heavy atom. The minimum atomic E-state index is 0.319. The van der Waals surface area contributed by atoms with Gasteiger partial charge in [-0.2, -0.15) is 4.98 Å². The Bertz CT molecular complexity index is 519. The van der Waals surface area contributed by atoms with Gasteiger partial charge in [0.2, 0.25) is 5.28 Å². The van der Waals surface area contributed by atoms with Gasteiger partial charge in [-0.05, 0) is 37.9 Å². The standard InChI is InChI=1S/C13H18ClN3/c1-4-5-6-9(2)17-10(3)7-11-8-15-13(14)16-12(11)17/h7-9H,4-6H2,1-3H3. The van der Waals surface area contributed by atoms with E-state index in [0.717, 1.165) is 11.0 Å². The molecule has 0 aliphatic carbocycles. The average Bonchev–Trinajstić information content (AvgIpc) is 2.61. The number of rotatable bonds is 4. The number of aryl methyl sites for hydroxylation is 1. The summed E-state index contributed by atoms with van der Waals surface area (Å²) in [6.45, 7) is 6.56. The van der Waals surface area contributed by atoms with Crippen LogP contribution in [0.5, 0.6) is 0 Å². The van der Waals surface area contributed by atoms with Gasteiger partial charge in [-0.25, -0.2) is 4.98 Å². The molecule has 0 bridgehead atoms. The molecule has 0 N–H and O–H groups in total. The van der Waals surface area contributed by atoms with Crippen LogP contribution in [0.4, 0.5) is 0 Å². The molecule has 0 spiro atoms. The minimum Gasteiger partial charge on any atom is -0.327 e. The number of hydrogen-bond donors (Lipinski definition) is 0. The number of hydrogen-bond acceptors (Lipinski definition) is 2.